The second-order valence-electron chi connectivity index (χ2n) is 13.5. The molecule has 0 fully saturated rings. The first-order valence-electron chi connectivity index (χ1n) is 18.0. The number of furan rings is 2. The number of benzene rings is 8. The largest absolute Gasteiger partial charge is 0.456 e. The van der Waals surface area contributed by atoms with Crippen LogP contribution in [-0.2, 0) is 0 Å². The van der Waals surface area contributed by atoms with Gasteiger partial charge < -0.3 is 18.2 Å². The zero-order chi connectivity index (χ0) is 35.6. The third-order valence-electron chi connectivity index (χ3n) is 10.3. The molecule has 11 rings (SSSR count). The smallest absolute Gasteiger partial charge is 0.228 e. The van der Waals surface area contributed by atoms with Gasteiger partial charge >= 0.3 is 0 Å². The third-order valence-corrected chi connectivity index (χ3v) is 10.3. The number of hydrogen-bond donors (Lipinski definition) is 0. The molecule has 0 bridgehead atoms. The lowest BCUT2D eigenvalue weighted by Gasteiger charge is -2.26. The maximum Gasteiger partial charge on any atom is 0.228 e. The summed E-state index contributed by atoms with van der Waals surface area (Å²) in [7, 11) is 0. The average Bonchev–Trinajstić information content (AvgIpc) is 3.95. The zero-order valence-corrected chi connectivity index (χ0v) is 28.9. The lowest BCUT2D eigenvalue weighted by molar-refractivity contribution is 0.620. The number of oxazole rings is 1. The molecule has 0 spiro atoms. The van der Waals surface area contributed by atoms with Crippen LogP contribution in [0.3, 0.4) is 0 Å². The molecule has 3 aromatic heterocycles. The Labute approximate surface area is 309 Å². The highest BCUT2D eigenvalue weighted by atomic mass is 16.4. The molecule has 0 amide bonds. The highest BCUT2D eigenvalue weighted by molar-refractivity contribution is 6.16. The fourth-order valence-electron chi connectivity index (χ4n) is 7.79. The van der Waals surface area contributed by atoms with E-state index in [2.05, 4.69) is 132 Å². The number of nitrogens with zero attached hydrogens (tertiary/aromatic N) is 2. The first-order chi connectivity index (χ1) is 26.7. The van der Waals surface area contributed by atoms with Crippen LogP contribution in [0.15, 0.2) is 195 Å². The predicted octanol–water partition coefficient (Wildman–Crippen LogP) is 14.1. The summed E-state index contributed by atoms with van der Waals surface area (Å²) in [6.07, 6.45) is 0. The Morgan fingerprint density at radius 2 is 1.04 bits per heavy atom. The predicted molar refractivity (Wildman–Crippen MR) is 220 cm³/mol. The Hall–Kier alpha value is -7.37. The minimum absolute atomic E-state index is 0.564. The van der Waals surface area contributed by atoms with Gasteiger partial charge in [-0.25, -0.2) is 4.98 Å². The van der Waals surface area contributed by atoms with Crippen LogP contribution in [-0.4, -0.2) is 4.98 Å². The van der Waals surface area contributed by atoms with Gasteiger partial charge in [0.2, 0.25) is 5.89 Å². The van der Waals surface area contributed by atoms with Gasteiger partial charge in [-0.2, -0.15) is 0 Å². The maximum absolute atomic E-state index is 6.84. The van der Waals surface area contributed by atoms with Gasteiger partial charge in [0, 0.05) is 38.5 Å². The topological polar surface area (TPSA) is 55.6 Å². The van der Waals surface area contributed by atoms with Crippen LogP contribution in [0.5, 0.6) is 0 Å². The molecule has 0 atom stereocenters. The molecular formula is C49H30N2O3. The van der Waals surface area contributed by atoms with Gasteiger partial charge in [-0.15, -0.1) is 0 Å². The third kappa shape index (κ3) is 4.90. The van der Waals surface area contributed by atoms with E-state index in [1.165, 1.54) is 11.1 Å². The van der Waals surface area contributed by atoms with E-state index < -0.39 is 0 Å². The molecule has 0 aliphatic heterocycles. The van der Waals surface area contributed by atoms with Crippen LogP contribution in [0, 0.1) is 0 Å². The van der Waals surface area contributed by atoms with Crippen molar-refractivity contribution in [1.29, 1.82) is 0 Å². The van der Waals surface area contributed by atoms with E-state index in [9.17, 15) is 0 Å². The first kappa shape index (κ1) is 30.3. The van der Waals surface area contributed by atoms with E-state index in [0.29, 0.717) is 5.89 Å². The van der Waals surface area contributed by atoms with Crippen LogP contribution in [0.25, 0.3) is 88.7 Å². The summed E-state index contributed by atoms with van der Waals surface area (Å²) in [5.41, 5.74) is 13.2. The molecule has 0 unspecified atom stereocenters. The van der Waals surface area contributed by atoms with Crippen molar-refractivity contribution in [3.63, 3.8) is 0 Å². The van der Waals surface area contributed by atoms with Gasteiger partial charge in [0.15, 0.2) is 11.2 Å². The average molecular weight is 695 g/mol. The Balaban J connectivity index is 1.13. The second kappa shape index (κ2) is 12.1. The molecule has 0 aliphatic rings. The summed E-state index contributed by atoms with van der Waals surface area (Å²) in [5, 5.41) is 4.07. The van der Waals surface area contributed by atoms with E-state index in [1.807, 2.05) is 54.6 Å². The van der Waals surface area contributed by atoms with Crippen LogP contribution < -0.4 is 4.90 Å². The molecule has 8 aromatic carbocycles. The first-order valence-corrected chi connectivity index (χ1v) is 18.0. The maximum atomic E-state index is 6.84. The molecule has 0 aliphatic carbocycles. The highest BCUT2D eigenvalue weighted by Gasteiger charge is 2.23. The van der Waals surface area contributed by atoms with Gasteiger partial charge in [0.25, 0.3) is 0 Å². The van der Waals surface area contributed by atoms with Gasteiger partial charge in [-0.05, 0) is 95.1 Å². The second-order valence-corrected chi connectivity index (χ2v) is 13.5. The fraction of sp³-hybridized carbons (Fsp3) is 0. The minimum atomic E-state index is 0.564. The quantitative estimate of drug-likeness (QED) is 0.173. The van der Waals surface area contributed by atoms with Crippen molar-refractivity contribution in [3.8, 4) is 33.7 Å². The van der Waals surface area contributed by atoms with Crippen molar-refractivity contribution < 1.29 is 13.3 Å². The van der Waals surface area contributed by atoms with Crippen LogP contribution in [0.4, 0.5) is 17.1 Å². The number of fused-ring (bicyclic) bond motifs is 7. The normalized spacial score (nSPS) is 11.7. The summed E-state index contributed by atoms with van der Waals surface area (Å²) in [6.45, 7) is 0. The van der Waals surface area contributed by atoms with E-state index in [4.69, 9.17) is 18.2 Å². The van der Waals surface area contributed by atoms with Gasteiger partial charge in [-0.3, -0.25) is 0 Å². The van der Waals surface area contributed by atoms with Crippen molar-refractivity contribution in [3.05, 3.63) is 182 Å². The monoisotopic (exact) mass is 694 g/mol. The van der Waals surface area contributed by atoms with Crippen molar-refractivity contribution in [2.24, 2.45) is 0 Å². The summed E-state index contributed by atoms with van der Waals surface area (Å²) in [6, 6.07) is 62.8. The summed E-state index contributed by atoms with van der Waals surface area (Å²) in [5.74, 6) is 0.564. The van der Waals surface area contributed by atoms with Crippen LogP contribution in [0.2, 0.25) is 0 Å². The fourth-order valence-corrected chi connectivity index (χ4v) is 7.79. The molecule has 11 aromatic rings. The summed E-state index contributed by atoms with van der Waals surface area (Å²) < 4.78 is 19.4. The molecule has 0 radical (unpaired) electrons. The zero-order valence-electron chi connectivity index (χ0n) is 28.9. The highest BCUT2D eigenvalue weighted by Crippen LogP contribution is 2.46. The molecular weight excluding hydrogens is 665 g/mol. The van der Waals surface area contributed by atoms with Crippen LogP contribution >= 0.6 is 0 Å². The molecule has 5 nitrogen and oxygen atoms in total. The lowest BCUT2D eigenvalue weighted by Crippen LogP contribution is -2.10. The number of para-hydroxylation sites is 4. The Bertz CT molecular complexity index is 3150. The molecule has 254 valence electrons. The van der Waals surface area contributed by atoms with E-state index >= 15 is 0 Å². The molecule has 0 saturated carbocycles. The number of anilines is 3. The molecule has 0 N–H and O–H groups in total. The lowest BCUT2D eigenvalue weighted by atomic mass is 9.98. The van der Waals surface area contributed by atoms with Crippen molar-refractivity contribution in [2.45, 2.75) is 0 Å². The van der Waals surface area contributed by atoms with Crippen LogP contribution in [0.1, 0.15) is 0 Å². The molecule has 3 heterocycles. The molecule has 0 saturated heterocycles. The van der Waals surface area contributed by atoms with Gasteiger partial charge in [0.05, 0.1) is 5.69 Å². The van der Waals surface area contributed by atoms with Crippen molar-refractivity contribution in [2.75, 3.05) is 4.90 Å². The van der Waals surface area contributed by atoms with Crippen molar-refractivity contribution in [1.82, 2.24) is 4.98 Å². The number of aromatic nitrogens is 1. The van der Waals surface area contributed by atoms with Gasteiger partial charge in [0.1, 0.15) is 22.3 Å². The number of hydrogen-bond acceptors (Lipinski definition) is 5. The standard InChI is InChI=1S/C49H30N2O3/c1-2-12-31(13-3-1)32-14-8-15-33(28-32)34-16-9-17-35(29-34)51(36-26-27-44-40(30-36)37-18-4-6-23-43(37)52-44)42-22-10-19-38-47-39(20-11-25-46(47)53-48(38)42)49-50-41-21-5-7-24-45(41)54-49/h1-30H. The Morgan fingerprint density at radius 1 is 0.389 bits per heavy atom. The Kier molecular flexibility index (Phi) is 6.79. The SMILES string of the molecule is c1ccc(-c2cccc(-c3cccc(N(c4ccc5oc6ccccc6c5c4)c4cccc5c4oc4cccc(-c6nc7ccccc7o6)c45)c3)c2)cc1. The molecule has 54 heavy (non-hydrogen) atoms. The van der Waals surface area contributed by atoms with E-state index in [-0.39, 0.29) is 0 Å². The van der Waals surface area contributed by atoms with E-state index in [1.54, 1.807) is 0 Å². The number of rotatable bonds is 6. The van der Waals surface area contributed by atoms with Gasteiger partial charge in [-0.1, -0.05) is 109 Å². The minimum Gasteiger partial charge on any atom is -0.456 e. The Morgan fingerprint density at radius 3 is 1.93 bits per heavy atom. The summed E-state index contributed by atoms with van der Waals surface area (Å²) in [4.78, 5) is 7.14. The summed E-state index contributed by atoms with van der Waals surface area (Å²) >= 11 is 0. The molecule has 5 heteroatoms. The van der Waals surface area contributed by atoms with E-state index in [0.717, 1.165) is 88.7 Å². The van der Waals surface area contributed by atoms with Crippen molar-refractivity contribution >= 4 is 72.0 Å².